The quantitative estimate of drug-likeness (QED) is 0.546. The molecule has 0 spiro atoms. The normalized spacial score (nSPS) is 14.8. The van der Waals surface area contributed by atoms with Gasteiger partial charge in [0, 0.05) is 25.2 Å². The maximum absolute atomic E-state index is 13.6. The first-order valence-electron chi connectivity index (χ1n) is 10.1. The molecule has 2 N–H and O–H groups in total. The fourth-order valence-corrected chi connectivity index (χ4v) is 3.78. The average molecular weight is 403 g/mol. The Bertz CT molecular complexity index is 1200. The molecule has 0 atom stereocenters. The first-order valence-corrected chi connectivity index (χ1v) is 10.1. The fourth-order valence-electron chi connectivity index (χ4n) is 3.78. The topological polar surface area (TPSA) is 82.6 Å². The molecule has 152 valence electrons. The molecule has 1 aliphatic heterocycles. The molecule has 30 heavy (non-hydrogen) atoms. The van der Waals surface area contributed by atoms with Gasteiger partial charge in [-0.25, -0.2) is 14.4 Å². The highest BCUT2D eigenvalue weighted by molar-refractivity contribution is 5.84. The number of aryl methyl sites for hydroxylation is 1. The summed E-state index contributed by atoms with van der Waals surface area (Å²) >= 11 is 0. The van der Waals surface area contributed by atoms with E-state index in [0.29, 0.717) is 17.1 Å². The lowest BCUT2D eigenvalue weighted by molar-refractivity contribution is 0.610. The van der Waals surface area contributed by atoms with E-state index in [1.54, 1.807) is 19.2 Å². The SMILES string of the molecule is Cc1nc(-c2[nH]ncc2-c2ccc3ncc(N4CCCNCC4)cc3n2)ccc1F. The zero-order valence-corrected chi connectivity index (χ0v) is 16.7. The van der Waals surface area contributed by atoms with Crippen LogP contribution in [0.2, 0.25) is 0 Å². The van der Waals surface area contributed by atoms with Crippen molar-refractivity contribution in [3.8, 4) is 22.6 Å². The lowest BCUT2D eigenvalue weighted by atomic mass is 10.1. The van der Waals surface area contributed by atoms with Crippen molar-refractivity contribution >= 4 is 16.7 Å². The summed E-state index contributed by atoms with van der Waals surface area (Å²) in [5.41, 5.74) is 6.04. The van der Waals surface area contributed by atoms with Gasteiger partial charge < -0.3 is 10.2 Å². The van der Waals surface area contributed by atoms with Crippen molar-refractivity contribution in [1.82, 2.24) is 30.5 Å². The predicted octanol–water partition coefficient (Wildman–Crippen LogP) is 3.33. The van der Waals surface area contributed by atoms with E-state index in [4.69, 9.17) is 4.98 Å². The van der Waals surface area contributed by atoms with Crippen molar-refractivity contribution in [3.63, 3.8) is 0 Å². The van der Waals surface area contributed by atoms with E-state index in [1.807, 2.05) is 18.3 Å². The third kappa shape index (κ3) is 3.50. The molecule has 4 aromatic rings. The minimum absolute atomic E-state index is 0.328. The van der Waals surface area contributed by atoms with Gasteiger partial charge in [-0.05, 0) is 50.2 Å². The van der Waals surface area contributed by atoms with Gasteiger partial charge in [0.2, 0.25) is 0 Å². The van der Waals surface area contributed by atoms with E-state index >= 15 is 0 Å². The molecule has 0 bridgehead atoms. The molecule has 5 heterocycles. The summed E-state index contributed by atoms with van der Waals surface area (Å²) < 4.78 is 13.6. The molecule has 1 aliphatic rings. The van der Waals surface area contributed by atoms with E-state index in [1.165, 1.54) is 6.07 Å². The van der Waals surface area contributed by atoms with Crippen LogP contribution in [0.15, 0.2) is 42.7 Å². The first kappa shape index (κ1) is 18.6. The zero-order chi connectivity index (χ0) is 20.5. The molecule has 0 amide bonds. The molecule has 0 aliphatic carbocycles. The maximum Gasteiger partial charge on any atom is 0.144 e. The smallest absolute Gasteiger partial charge is 0.144 e. The minimum Gasteiger partial charge on any atom is -0.369 e. The third-order valence-corrected chi connectivity index (χ3v) is 5.42. The Labute approximate surface area is 173 Å². The van der Waals surface area contributed by atoms with Crippen molar-refractivity contribution < 1.29 is 4.39 Å². The first-order chi connectivity index (χ1) is 14.7. The second-order valence-electron chi connectivity index (χ2n) is 7.44. The number of aromatic nitrogens is 5. The van der Waals surface area contributed by atoms with Gasteiger partial charge in [0.1, 0.15) is 5.82 Å². The van der Waals surface area contributed by atoms with E-state index in [0.717, 1.165) is 60.6 Å². The highest BCUT2D eigenvalue weighted by Crippen LogP contribution is 2.30. The number of H-pyrrole nitrogens is 1. The van der Waals surface area contributed by atoms with Crippen molar-refractivity contribution in [2.75, 3.05) is 31.1 Å². The average Bonchev–Trinajstić information content (AvgIpc) is 3.10. The summed E-state index contributed by atoms with van der Waals surface area (Å²) in [7, 11) is 0. The van der Waals surface area contributed by atoms with E-state index in [2.05, 4.69) is 36.4 Å². The summed E-state index contributed by atoms with van der Waals surface area (Å²) in [5, 5.41) is 10.6. The predicted molar refractivity (Wildman–Crippen MR) is 115 cm³/mol. The number of rotatable bonds is 3. The zero-order valence-electron chi connectivity index (χ0n) is 16.7. The van der Waals surface area contributed by atoms with Crippen molar-refractivity contribution in [3.05, 3.63) is 54.2 Å². The lowest BCUT2D eigenvalue weighted by Gasteiger charge is -2.22. The minimum atomic E-state index is -0.328. The van der Waals surface area contributed by atoms with Gasteiger partial charge in [-0.1, -0.05) is 0 Å². The summed E-state index contributed by atoms with van der Waals surface area (Å²) in [4.78, 5) is 16.2. The molecule has 0 saturated carbocycles. The van der Waals surface area contributed by atoms with Gasteiger partial charge in [-0.2, -0.15) is 5.10 Å². The number of hydrogen-bond acceptors (Lipinski definition) is 6. The van der Waals surface area contributed by atoms with Crippen LogP contribution in [0.5, 0.6) is 0 Å². The van der Waals surface area contributed by atoms with Crippen LogP contribution in [0.1, 0.15) is 12.1 Å². The number of anilines is 1. The Morgan fingerprint density at radius 2 is 1.87 bits per heavy atom. The molecule has 1 saturated heterocycles. The molecule has 5 rings (SSSR count). The second-order valence-corrected chi connectivity index (χ2v) is 7.44. The third-order valence-electron chi connectivity index (χ3n) is 5.42. The van der Waals surface area contributed by atoms with Crippen LogP contribution in [0.25, 0.3) is 33.7 Å². The Hall–Kier alpha value is -3.39. The molecule has 0 radical (unpaired) electrons. The van der Waals surface area contributed by atoms with Crippen LogP contribution >= 0.6 is 0 Å². The van der Waals surface area contributed by atoms with Crippen LogP contribution in [0, 0.1) is 12.7 Å². The van der Waals surface area contributed by atoms with Crippen molar-refractivity contribution in [2.24, 2.45) is 0 Å². The van der Waals surface area contributed by atoms with Crippen molar-refractivity contribution in [1.29, 1.82) is 0 Å². The molecule has 0 aromatic carbocycles. The van der Waals surface area contributed by atoms with Gasteiger partial charge >= 0.3 is 0 Å². The number of aromatic amines is 1. The molecule has 7 nitrogen and oxygen atoms in total. The summed E-state index contributed by atoms with van der Waals surface area (Å²) in [6.45, 7) is 5.61. The Morgan fingerprint density at radius 3 is 2.77 bits per heavy atom. The van der Waals surface area contributed by atoms with Crippen LogP contribution in [0.4, 0.5) is 10.1 Å². The summed E-state index contributed by atoms with van der Waals surface area (Å²) in [5.74, 6) is -0.328. The van der Waals surface area contributed by atoms with Gasteiger partial charge in [-0.3, -0.25) is 10.1 Å². The molecular formula is C22H22FN7. The van der Waals surface area contributed by atoms with Gasteiger partial charge in [0.05, 0.1) is 51.9 Å². The summed E-state index contributed by atoms with van der Waals surface area (Å²) in [6, 6.07) is 9.05. The molecule has 8 heteroatoms. The number of hydrogen-bond donors (Lipinski definition) is 2. The fraction of sp³-hybridized carbons (Fsp3) is 0.273. The van der Waals surface area contributed by atoms with Gasteiger partial charge in [0.25, 0.3) is 0 Å². The van der Waals surface area contributed by atoms with E-state index in [-0.39, 0.29) is 5.82 Å². The standard InChI is InChI=1S/C22H22FN7/c1-14-17(23)3-4-20(27-14)22-16(13-26-29-22)18-5-6-19-21(28-18)11-15(12-25-19)30-9-2-7-24-8-10-30/h3-6,11-13,24H,2,7-10H2,1H3,(H,26,29). The van der Waals surface area contributed by atoms with Crippen LogP contribution in [-0.2, 0) is 0 Å². The van der Waals surface area contributed by atoms with Gasteiger partial charge in [0.15, 0.2) is 0 Å². The highest BCUT2D eigenvalue weighted by Gasteiger charge is 2.15. The van der Waals surface area contributed by atoms with Crippen molar-refractivity contribution in [2.45, 2.75) is 13.3 Å². The van der Waals surface area contributed by atoms with Crippen LogP contribution < -0.4 is 10.2 Å². The van der Waals surface area contributed by atoms with E-state index in [9.17, 15) is 4.39 Å². The number of nitrogens with zero attached hydrogens (tertiary/aromatic N) is 5. The Kier molecular flexibility index (Phi) is 4.84. The number of fused-ring (bicyclic) bond motifs is 1. The van der Waals surface area contributed by atoms with Crippen LogP contribution in [0.3, 0.4) is 0 Å². The maximum atomic E-state index is 13.6. The Morgan fingerprint density at radius 1 is 0.967 bits per heavy atom. The van der Waals surface area contributed by atoms with E-state index < -0.39 is 0 Å². The molecule has 1 fully saturated rings. The monoisotopic (exact) mass is 403 g/mol. The largest absolute Gasteiger partial charge is 0.369 e. The van der Waals surface area contributed by atoms with Gasteiger partial charge in [-0.15, -0.1) is 0 Å². The second kappa shape index (κ2) is 7.79. The number of nitrogens with one attached hydrogen (secondary N) is 2. The molecule has 0 unspecified atom stereocenters. The number of halogens is 1. The lowest BCUT2D eigenvalue weighted by Crippen LogP contribution is -2.27. The Balaban J connectivity index is 1.54. The summed E-state index contributed by atoms with van der Waals surface area (Å²) in [6.07, 6.45) is 4.75. The molecular weight excluding hydrogens is 381 g/mol. The van der Waals surface area contributed by atoms with Crippen LogP contribution in [-0.4, -0.2) is 51.3 Å². The molecule has 4 aromatic heterocycles. The highest BCUT2D eigenvalue weighted by atomic mass is 19.1. The number of pyridine rings is 3.